The molecule has 0 aromatic heterocycles. The topological polar surface area (TPSA) is 93.9 Å². The molecule has 0 saturated heterocycles. The van der Waals surface area contributed by atoms with Gasteiger partial charge in [-0.1, -0.05) is 54.6 Å². The average Bonchev–Trinajstić information content (AvgIpc) is 2.87. The first-order valence-corrected chi connectivity index (χ1v) is 13.5. The molecule has 188 valence electrons. The van der Waals surface area contributed by atoms with E-state index in [9.17, 15) is 14.7 Å². The number of hydrogen-bond acceptors (Lipinski definition) is 6. The fourth-order valence-corrected chi connectivity index (χ4v) is 5.73. The first-order chi connectivity index (χ1) is 16.9. The smallest absolute Gasteiger partial charge is 0.352 e. The Bertz CT molecular complexity index is 1080. The van der Waals surface area contributed by atoms with E-state index < -0.39 is 7.75 Å². The van der Waals surface area contributed by atoms with Gasteiger partial charge in [-0.15, -0.1) is 0 Å². The van der Waals surface area contributed by atoms with Gasteiger partial charge >= 0.3 is 7.75 Å². The molecule has 8 nitrogen and oxygen atoms in total. The lowest BCUT2D eigenvalue weighted by atomic mass is 9.93. The van der Waals surface area contributed by atoms with Gasteiger partial charge in [0.25, 0.3) is 5.69 Å². The van der Waals surface area contributed by atoms with Gasteiger partial charge in [-0.3, -0.25) is 19.2 Å². The van der Waals surface area contributed by atoms with Crippen LogP contribution in [0.15, 0.2) is 78.6 Å². The molecule has 1 aliphatic rings. The Morgan fingerprint density at radius 2 is 1.80 bits per heavy atom. The molecule has 1 N–H and O–H groups in total. The molecule has 2 atom stereocenters. The minimum Gasteiger partial charge on any atom is -0.352 e. The van der Waals surface area contributed by atoms with Crippen molar-refractivity contribution in [1.29, 1.82) is 0 Å². The number of hydrogen-bond donors (Lipinski definition) is 1. The first-order valence-electron chi connectivity index (χ1n) is 12.0. The lowest BCUT2D eigenvalue weighted by Crippen LogP contribution is -2.24. The molecule has 0 fully saturated rings. The van der Waals surface area contributed by atoms with Crippen LogP contribution in [0.4, 0.5) is 5.69 Å². The number of rotatable bonds is 13. The summed E-state index contributed by atoms with van der Waals surface area (Å²) in [5.74, 6) is -0.0613. The molecule has 0 spiro atoms. The van der Waals surface area contributed by atoms with Crippen LogP contribution in [0.3, 0.4) is 0 Å². The van der Waals surface area contributed by atoms with Gasteiger partial charge in [-0.25, -0.2) is 9.65 Å². The van der Waals surface area contributed by atoms with E-state index in [2.05, 4.69) is 29.1 Å². The largest absolute Gasteiger partial charge is 0.406 e. The molecular formula is C26H34N3O5P. The van der Waals surface area contributed by atoms with Crippen LogP contribution in [0, 0.1) is 10.1 Å². The monoisotopic (exact) mass is 499 g/mol. The third kappa shape index (κ3) is 7.36. The number of non-ortho nitro benzene ring substituents is 1. The van der Waals surface area contributed by atoms with Gasteiger partial charge in [0.05, 0.1) is 18.1 Å². The molecule has 2 aromatic carbocycles. The fraction of sp³-hybridized carbons (Fsp3) is 0.385. The molecular weight excluding hydrogens is 465 g/mol. The second-order valence-electron chi connectivity index (χ2n) is 8.13. The number of benzene rings is 2. The normalized spacial score (nSPS) is 16.7. The van der Waals surface area contributed by atoms with Crippen LogP contribution in [-0.4, -0.2) is 29.6 Å². The lowest BCUT2D eigenvalue weighted by Gasteiger charge is -2.30. The number of nitro benzene ring substituents is 1. The van der Waals surface area contributed by atoms with Gasteiger partial charge in [-0.2, -0.15) is 0 Å². The maximum absolute atomic E-state index is 13.2. The van der Waals surface area contributed by atoms with Crippen LogP contribution in [0.2, 0.25) is 0 Å². The molecule has 2 aromatic rings. The third-order valence-electron chi connectivity index (χ3n) is 5.82. The van der Waals surface area contributed by atoms with Crippen molar-refractivity contribution in [1.82, 2.24) is 9.99 Å². The highest BCUT2D eigenvalue weighted by Gasteiger charge is 2.29. The number of nitro groups is 1. The summed E-state index contributed by atoms with van der Waals surface area (Å²) in [6.07, 6.45) is 7.60. The summed E-state index contributed by atoms with van der Waals surface area (Å²) >= 11 is 0. The van der Waals surface area contributed by atoms with Gasteiger partial charge in [0, 0.05) is 42.5 Å². The van der Waals surface area contributed by atoms with Crippen molar-refractivity contribution < 1.29 is 18.5 Å². The average molecular weight is 500 g/mol. The Kier molecular flexibility index (Phi) is 9.81. The van der Waals surface area contributed by atoms with E-state index in [1.54, 1.807) is 26.0 Å². The van der Waals surface area contributed by atoms with Crippen LogP contribution in [0.25, 0.3) is 0 Å². The highest BCUT2D eigenvalue weighted by atomic mass is 31.2. The van der Waals surface area contributed by atoms with E-state index in [1.165, 1.54) is 6.07 Å². The predicted molar refractivity (Wildman–Crippen MR) is 138 cm³/mol. The van der Waals surface area contributed by atoms with Crippen LogP contribution < -0.4 is 5.09 Å². The Hall–Kier alpha value is -2.77. The summed E-state index contributed by atoms with van der Waals surface area (Å²) in [4.78, 5) is 13.0. The summed E-state index contributed by atoms with van der Waals surface area (Å²) in [6.45, 7) is 7.00. The second kappa shape index (κ2) is 12.8. The minimum atomic E-state index is -3.47. The van der Waals surface area contributed by atoms with Crippen molar-refractivity contribution in [3.05, 3.63) is 99.9 Å². The predicted octanol–water partition coefficient (Wildman–Crippen LogP) is 6.70. The molecule has 0 saturated carbocycles. The van der Waals surface area contributed by atoms with Crippen LogP contribution in [0.1, 0.15) is 56.7 Å². The molecule has 1 aliphatic heterocycles. The lowest BCUT2D eigenvalue weighted by molar-refractivity contribution is -0.384. The first kappa shape index (κ1) is 26.8. The summed E-state index contributed by atoms with van der Waals surface area (Å²) in [7, 11) is -3.47. The summed E-state index contributed by atoms with van der Waals surface area (Å²) in [5, 5.41) is 14.4. The maximum Gasteiger partial charge on any atom is 0.406 e. The summed E-state index contributed by atoms with van der Waals surface area (Å²) in [5.41, 5.74) is 3.06. The van der Waals surface area contributed by atoms with Crippen molar-refractivity contribution in [2.24, 2.45) is 0 Å². The molecule has 0 amide bonds. The highest BCUT2D eigenvalue weighted by Crippen LogP contribution is 2.47. The highest BCUT2D eigenvalue weighted by molar-refractivity contribution is 7.51. The number of nitrogens with zero attached hydrogens (tertiary/aromatic N) is 2. The minimum absolute atomic E-state index is 0.0613. The van der Waals surface area contributed by atoms with Gasteiger partial charge in [0.15, 0.2) is 0 Å². The summed E-state index contributed by atoms with van der Waals surface area (Å²) in [6, 6.07) is 16.4. The van der Waals surface area contributed by atoms with Crippen LogP contribution >= 0.6 is 7.75 Å². The maximum atomic E-state index is 13.2. The fourth-order valence-electron chi connectivity index (χ4n) is 4.17. The molecule has 0 bridgehead atoms. The Labute approximate surface area is 207 Å². The molecule has 0 aliphatic carbocycles. The zero-order valence-electron chi connectivity index (χ0n) is 20.5. The van der Waals surface area contributed by atoms with E-state index in [0.717, 1.165) is 23.4 Å². The second-order valence-corrected chi connectivity index (χ2v) is 9.90. The van der Waals surface area contributed by atoms with E-state index in [1.807, 2.05) is 42.6 Å². The van der Waals surface area contributed by atoms with Gasteiger partial charge in [-0.05, 0) is 44.7 Å². The molecule has 9 heteroatoms. The van der Waals surface area contributed by atoms with Gasteiger partial charge in [0.2, 0.25) is 0 Å². The SMILES string of the molecule is CCOP(=O)(NC(CCC1=CC(c2cccc([N+](=O)[O-])c2)C=CN1CC)c1ccccc1)OCC. The van der Waals surface area contributed by atoms with Crippen LogP contribution in [0.5, 0.6) is 0 Å². The molecule has 3 rings (SSSR count). The van der Waals surface area contributed by atoms with Crippen molar-refractivity contribution >= 4 is 13.4 Å². The third-order valence-corrected chi connectivity index (χ3v) is 7.65. The van der Waals surface area contributed by atoms with Crippen LogP contribution in [-0.2, 0) is 13.6 Å². The van der Waals surface area contributed by atoms with Crippen molar-refractivity contribution in [3.8, 4) is 0 Å². The standard InChI is InChI=1S/C26H34N3O5P/c1-4-28-18-17-23(22-13-10-14-25(20-22)29(30)31)19-24(28)15-16-26(21-11-8-7-9-12-21)27-35(32,33-5-2)34-6-3/h7-14,17-20,23,26H,4-6,15-16H2,1-3H3,(H,27,32). The quantitative estimate of drug-likeness (QED) is 0.186. The van der Waals surface area contributed by atoms with Gasteiger partial charge < -0.3 is 4.90 Å². The molecule has 35 heavy (non-hydrogen) atoms. The summed E-state index contributed by atoms with van der Waals surface area (Å²) < 4.78 is 24.2. The Balaban J connectivity index is 1.84. The molecule has 1 heterocycles. The Morgan fingerprint density at radius 1 is 1.09 bits per heavy atom. The van der Waals surface area contributed by atoms with E-state index in [-0.39, 0.29) is 35.8 Å². The Morgan fingerprint density at radius 3 is 2.43 bits per heavy atom. The van der Waals surface area contributed by atoms with E-state index in [0.29, 0.717) is 12.8 Å². The zero-order chi connectivity index (χ0) is 25.3. The van der Waals surface area contributed by atoms with Crippen molar-refractivity contribution in [2.75, 3.05) is 19.8 Å². The van der Waals surface area contributed by atoms with Crippen molar-refractivity contribution in [3.63, 3.8) is 0 Å². The molecule has 2 unspecified atom stereocenters. The van der Waals surface area contributed by atoms with E-state index >= 15 is 0 Å². The van der Waals surface area contributed by atoms with E-state index in [4.69, 9.17) is 9.05 Å². The number of allylic oxidation sites excluding steroid dienone is 3. The number of nitrogens with one attached hydrogen (secondary N) is 1. The zero-order valence-corrected chi connectivity index (χ0v) is 21.4. The molecule has 0 radical (unpaired) electrons. The van der Waals surface area contributed by atoms with Crippen molar-refractivity contribution in [2.45, 2.75) is 45.6 Å². The van der Waals surface area contributed by atoms with Gasteiger partial charge in [0.1, 0.15) is 0 Å².